The lowest BCUT2D eigenvalue weighted by molar-refractivity contribution is -0.122. The molecule has 0 aromatic carbocycles. The maximum Gasteiger partial charge on any atom is 0.251 e. The van der Waals surface area contributed by atoms with Crippen molar-refractivity contribution in [2.45, 2.75) is 64.9 Å². The molecule has 7 nitrogen and oxygen atoms in total. The molecule has 0 aliphatic heterocycles. The van der Waals surface area contributed by atoms with Crippen molar-refractivity contribution in [3.05, 3.63) is 28.7 Å². The van der Waals surface area contributed by atoms with Gasteiger partial charge < -0.3 is 9.88 Å². The van der Waals surface area contributed by atoms with Crippen molar-refractivity contribution in [1.82, 2.24) is 14.2 Å². The second kappa shape index (κ2) is 9.87. The van der Waals surface area contributed by atoms with Crippen LogP contribution in [-0.4, -0.2) is 42.3 Å². The number of pyridine rings is 1. The Morgan fingerprint density at radius 1 is 1.15 bits per heavy atom. The smallest absolute Gasteiger partial charge is 0.251 e. The third kappa shape index (κ3) is 6.25. The molecule has 0 spiro atoms. The first kappa shape index (κ1) is 22.4. The summed E-state index contributed by atoms with van der Waals surface area (Å²) < 4.78 is 27.6. The Morgan fingerprint density at radius 3 is 2.31 bits per heavy atom. The number of sulfonamides is 1. The Bertz CT molecular complexity index is 752. The number of hydrogen-bond donors (Lipinski definition) is 1. The van der Waals surface area contributed by atoms with Crippen LogP contribution in [0.15, 0.2) is 28.0 Å². The maximum atomic E-state index is 12.6. The fourth-order valence-corrected chi connectivity index (χ4v) is 4.11. The molecule has 1 aromatic rings. The van der Waals surface area contributed by atoms with Gasteiger partial charge in [-0.05, 0) is 31.7 Å². The summed E-state index contributed by atoms with van der Waals surface area (Å²) in [6.07, 6.45) is 3.10. The normalized spacial score (nSPS) is 13.2. The molecule has 1 amide bonds. The molecule has 0 bridgehead atoms. The molecule has 0 saturated heterocycles. The first-order valence-electron chi connectivity index (χ1n) is 9.11. The lowest BCUT2D eigenvalue weighted by Gasteiger charge is -2.19. The summed E-state index contributed by atoms with van der Waals surface area (Å²) in [5, 5.41) is 2.86. The highest BCUT2D eigenvalue weighted by Crippen LogP contribution is 2.13. The Kier molecular flexibility index (Phi) is 8.49. The highest BCUT2D eigenvalue weighted by molar-refractivity contribution is 7.89. The van der Waals surface area contributed by atoms with Gasteiger partial charge in [-0.25, -0.2) is 8.42 Å². The number of carbonyl (C=O) groups excluding carboxylic acids is 1. The molecule has 1 rings (SSSR count). The van der Waals surface area contributed by atoms with Crippen molar-refractivity contribution in [3.8, 4) is 0 Å². The first-order chi connectivity index (χ1) is 12.1. The summed E-state index contributed by atoms with van der Waals surface area (Å²) in [4.78, 5) is 24.2. The molecular formula is C18H31N3O4S. The zero-order valence-electron chi connectivity index (χ0n) is 16.4. The second-order valence-corrected chi connectivity index (χ2v) is 8.80. The lowest BCUT2D eigenvalue weighted by Crippen LogP contribution is -2.38. The van der Waals surface area contributed by atoms with Crippen LogP contribution in [0.4, 0.5) is 0 Å². The van der Waals surface area contributed by atoms with E-state index in [0.29, 0.717) is 19.0 Å². The molecule has 0 aliphatic carbocycles. The van der Waals surface area contributed by atoms with Crippen LogP contribution >= 0.6 is 0 Å². The van der Waals surface area contributed by atoms with Gasteiger partial charge >= 0.3 is 0 Å². The molecule has 1 unspecified atom stereocenters. The van der Waals surface area contributed by atoms with Gasteiger partial charge in [0.05, 0.1) is 4.90 Å². The zero-order chi connectivity index (χ0) is 19.9. The fraction of sp³-hybridized carbons (Fsp3) is 0.667. The second-order valence-electron chi connectivity index (χ2n) is 6.86. The van der Waals surface area contributed by atoms with Crippen LogP contribution in [0.5, 0.6) is 0 Å². The molecule has 148 valence electrons. The molecule has 26 heavy (non-hydrogen) atoms. The monoisotopic (exact) mass is 385 g/mol. The van der Waals surface area contributed by atoms with Crippen LogP contribution in [0, 0.1) is 5.92 Å². The van der Waals surface area contributed by atoms with E-state index in [1.54, 1.807) is 13.8 Å². The van der Waals surface area contributed by atoms with Crippen molar-refractivity contribution in [2.75, 3.05) is 13.1 Å². The van der Waals surface area contributed by atoms with Gasteiger partial charge in [-0.3, -0.25) is 9.59 Å². The average Bonchev–Trinajstić information content (AvgIpc) is 2.55. The Labute approximate surface area is 156 Å². The topological polar surface area (TPSA) is 88.5 Å². The summed E-state index contributed by atoms with van der Waals surface area (Å²) in [5.74, 6) is 0.250. The summed E-state index contributed by atoms with van der Waals surface area (Å²) >= 11 is 0. The van der Waals surface area contributed by atoms with Crippen LogP contribution in [0.2, 0.25) is 0 Å². The minimum Gasteiger partial charge on any atom is -0.352 e. The molecule has 0 radical (unpaired) electrons. The molecule has 1 atom stereocenters. The molecule has 0 aliphatic rings. The molecule has 0 saturated carbocycles. The van der Waals surface area contributed by atoms with Gasteiger partial charge in [0, 0.05) is 31.4 Å². The van der Waals surface area contributed by atoms with E-state index in [4.69, 9.17) is 0 Å². The van der Waals surface area contributed by atoms with Crippen LogP contribution in [0.3, 0.4) is 0 Å². The van der Waals surface area contributed by atoms with Crippen molar-refractivity contribution < 1.29 is 13.2 Å². The van der Waals surface area contributed by atoms with Crippen LogP contribution in [0.1, 0.15) is 47.5 Å². The highest BCUT2D eigenvalue weighted by atomic mass is 32.2. The largest absolute Gasteiger partial charge is 0.352 e. The van der Waals surface area contributed by atoms with Gasteiger partial charge in [0.15, 0.2) is 0 Å². The number of nitrogens with zero attached hydrogens (tertiary/aromatic N) is 2. The third-order valence-electron chi connectivity index (χ3n) is 4.20. The summed E-state index contributed by atoms with van der Waals surface area (Å²) in [6.45, 7) is 10.1. The standard InChI is InChI=1S/C18H31N3O4S/c1-6-21(7-2)26(24,25)16-10-11-18(23)20(12-16)13-17(22)19-15(5)9-8-14(3)4/h10-12,14-15H,6-9,13H2,1-5H3,(H,19,22). The van der Waals surface area contributed by atoms with Gasteiger partial charge in [-0.2, -0.15) is 4.31 Å². The van der Waals surface area contributed by atoms with E-state index in [2.05, 4.69) is 19.2 Å². The van der Waals surface area contributed by atoms with Gasteiger partial charge in [0.1, 0.15) is 6.54 Å². The van der Waals surface area contributed by atoms with E-state index >= 15 is 0 Å². The Balaban J connectivity index is 2.91. The third-order valence-corrected chi connectivity index (χ3v) is 6.23. The van der Waals surface area contributed by atoms with Crippen LogP contribution < -0.4 is 10.9 Å². The molecule has 0 fully saturated rings. The van der Waals surface area contributed by atoms with Crippen molar-refractivity contribution in [3.63, 3.8) is 0 Å². The van der Waals surface area contributed by atoms with E-state index in [-0.39, 0.29) is 23.4 Å². The fourth-order valence-electron chi connectivity index (χ4n) is 2.63. The number of nitrogens with one attached hydrogen (secondary N) is 1. The minimum atomic E-state index is -3.68. The number of amides is 1. The maximum absolute atomic E-state index is 12.6. The number of aromatic nitrogens is 1. The van der Waals surface area contributed by atoms with E-state index in [9.17, 15) is 18.0 Å². The Hall–Kier alpha value is -1.67. The van der Waals surface area contributed by atoms with Crippen molar-refractivity contribution >= 4 is 15.9 Å². The molecule has 1 aromatic heterocycles. The highest BCUT2D eigenvalue weighted by Gasteiger charge is 2.22. The van der Waals surface area contributed by atoms with E-state index in [1.165, 1.54) is 22.6 Å². The zero-order valence-corrected chi connectivity index (χ0v) is 17.2. The summed E-state index contributed by atoms with van der Waals surface area (Å²) in [5.41, 5.74) is -0.409. The first-order valence-corrected chi connectivity index (χ1v) is 10.6. The number of rotatable bonds is 10. The van der Waals surface area contributed by atoms with Crippen LogP contribution in [-0.2, 0) is 21.4 Å². The van der Waals surface area contributed by atoms with Gasteiger partial charge in [0.25, 0.3) is 5.56 Å². The quantitative estimate of drug-likeness (QED) is 0.665. The van der Waals surface area contributed by atoms with E-state index < -0.39 is 15.6 Å². The Morgan fingerprint density at radius 2 is 1.77 bits per heavy atom. The molecule has 1 N–H and O–H groups in total. The van der Waals surface area contributed by atoms with E-state index in [0.717, 1.165) is 17.4 Å². The number of hydrogen-bond acceptors (Lipinski definition) is 4. The SMILES string of the molecule is CCN(CC)S(=O)(=O)c1ccc(=O)n(CC(=O)NC(C)CCC(C)C)c1. The summed E-state index contributed by atoms with van der Waals surface area (Å²) in [7, 11) is -3.68. The average molecular weight is 386 g/mol. The molecule has 8 heteroatoms. The molecule has 1 heterocycles. The molecular weight excluding hydrogens is 354 g/mol. The van der Waals surface area contributed by atoms with Crippen molar-refractivity contribution in [2.24, 2.45) is 5.92 Å². The minimum absolute atomic E-state index is 0.00296. The predicted molar refractivity (Wildman–Crippen MR) is 102 cm³/mol. The van der Waals surface area contributed by atoms with Crippen LogP contribution in [0.25, 0.3) is 0 Å². The van der Waals surface area contributed by atoms with Gasteiger partial charge in [-0.15, -0.1) is 0 Å². The van der Waals surface area contributed by atoms with Gasteiger partial charge in [0.2, 0.25) is 15.9 Å². The van der Waals surface area contributed by atoms with E-state index in [1.807, 2.05) is 6.92 Å². The van der Waals surface area contributed by atoms with Gasteiger partial charge in [-0.1, -0.05) is 27.7 Å². The predicted octanol–water partition coefficient (Wildman–Crippen LogP) is 1.82. The lowest BCUT2D eigenvalue weighted by atomic mass is 10.0. The number of carbonyl (C=O) groups is 1. The summed E-state index contributed by atoms with van der Waals surface area (Å²) in [6, 6.07) is 2.48. The van der Waals surface area contributed by atoms with Crippen molar-refractivity contribution in [1.29, 1.82) is 0 Å².